The van der Waals surface area contributed by atoms with E-state index in [0.717, 1.165) is 38.5 Å². The van der Waals surface area contributed by atoms with Crippen molar-refractivity contribution in [3.05, 3.63) is 0 Å². The summed E-state index contributed by atoms with van der Waals surface area (Å²) in [5.41, 5.74) is 6.04. The van der Waals surface area contributed by atoms with Gasteiger partial charge in [-0.1, -0.05) is 33.6 Å². The molecule has 1 rings (SSSR count). The highest BCUT2D eigenvalue weighted by Gasteiger charge is 2.19. The molecule has 0 aromatic rings. The molecule has 144 valence electrons. The summed E-state index contributed by atoms with van der Waals surface area (Å²) in [6.45, 7) is 17.8. The van der Waals surface area contributed by atoms with E-state index in [1.807, 2.05) is 0 Å². The summed E-state index contributed by atoms with van der Waals surface area (Å²) in [7, 11) is 0. The van der Waals surface area contributed by atoms with Gasteiger partial charge in [0.2, 0.25) is 0 Å². The Bertz CT molecular complexity index is 340. The molecular formula is C18H40IN5. The maximum atomic E-state index is 6.04. The summed E-state index contributed by atoms with van der Waals surface area (Å²) in [6, 6.07) is 0.867. The molecule has 0 amide bonds. The van der Waals surface area contributed by atoms with Crippen LogP contribution in [-0.4, -0.2) is 67.1 Å². The van der Waals surface area contributed by atoms with Crippen LogP contribution in [0.1, 0.15) is 53.9 Å². The Morgan fingerprint density at radius 2 is 1.71 bits per heavy atom. The average Bonchev–Trinajstić information content (AvgIpc) is 2.52. The summed E-state index contributed by atoms with van der Waals surface area (Å²) in [5, 5.41) is 3.33. The number of hydrogen-bond donors (Lipinski definition) is 2. The van der Waals surface area contributed by atoms with Crippen LogP contribution in [0.25, 0.3) is 0 Å². The number of nitrogens with zero attached hydrogens (tertiary/aromatic N) is 3. The highest BCUT2D eigenvalue weighted by atomic mass is 127. The first-order chi connectivity index (χ1) is 10.9. The first kappa shape index (κ1) is 23.9. The first-order valence-corrected chi connectivity index (χ1v) is 9.45. The third-order valence-corrected chi connectivity index (χ3v) is 4.82. The number of likely N-dealkylation sites (N-methyl/N-ethyl adjacent to an activating group) is 1. The van der Waals surface area contributed by atoms with Crippen molar-refractivity contribution in [2.75, 3.05) is 39.3 Å². The van der Waals surface area contributed by atoms with Gasteiger partial charge in [0.1, 0.15) is 0 Å². The fourth-order valence-electron chi connectivity index (χ4n) is 3.07. The summed E-state index contributed by atoms with van der Waals surface area (Å²) in [6.07, 6.45) is 3.68. The molecule has 3 N–H and O–H groups in total. The zero-order valence-corrected chi connectivity index (χ0v) is 18.8. The van der Waals surface area contributed by atoms with Crippen molar-refractivity contribution in [2.45, 2.75) is 66.0 Å². The van der Waals surface area contributed by atoms with Gasteiger partial charge < -0.3 is 16.0 Å². The standard InChI is InChI=1S/C18H39N5.HI/c1-6-22-10-12-23(13-11-22)17(5)14-20-18(19)21-16(4)9-7-8-15(2)3;/h15-17H,6-14H2,1-5H3,(H3,19,20,21);1H. The van der Waals surface area contributed by atoms with E-state index < -0.39 is 0 Å². The molecule has 2 unspecified atom stereocenters. The molecule has 1 fully saturated rings. The Morgan fingerprint density at radius 3 is 2.25 bits per heavy atom. The fourth-order valence-corrected chi connectivity index (χ4v) is 3.07. The average molecular weight is 453 g/mol. The molecule has 0 aliphatic carbocycles. The maximum Gasteiger partial charge on any atom is 0.188 e. The molecule has 0 aromatic carbocycles. The molecule has 1 aliphatic rings. The van der Waals surface area contributed by atoms with Crippen LogP contribution in [0.4, 0.5) is 0 Å². The predicted octanol–water partition coefficient (Wildman–Crippen LogP) is 2.75. The van der Waals surface area contributed by atoms with Gasteiger partial charge in [-0.25, -0.2) is 0 Å². The van der Waals surface area contributed by atoms with Crippen LogP contribution in [0.5, 0.6) is 0 Å². The van der Waals surface area contributed by atoms with Crippen molar-refractivity contribution in [3.8, 4) is 0 Å². The minimum Gasteiger partial charge on any atom is -0.370 e. The number of guanidine groups is 1. The number of piperazine rings is 1. The molecule has 5 nitrogen and oxygen atoms in total. The SMILES string of the molecule is CCN1CCN(C(C)CN=C(N)NC(C)CCCC(C)C)CC1.I. The molecule has 24 heavy (non-hydrogen) atoms. The Hall–Kier alpha value is -0.0800. The van der Waals surface area contributed by atoms with Crippen LogP contribution >= 0.6 is 24.0 Å². The molecule has 0 bridgehead atoms. The monoisotopic (exact) mass is 453 g/mol. The lowest BCUT2D eigenvalue weighted by molar-refractivity contribution is 0.109. The van der Waals surface area contributed by atoms with Crippen molar-refractivity contribution in [3.63, 3.8) is 0 Å². The highest BCUT2D eigenvalue weighted by Crippen LogP contribution is 2.08. The van der Waals surface area contributed by atoms with Gasteiger partial charge in [-0.05, 0) is 32.7 Å². The minimum atomic E-state index is 0. The van der Waals surface area contributed by atoms with Crippen LogP contribution in [0.15, 0.2) is 4.99 Å². The topological polar surface area (TPSA) is 56.9 Å². The molecular weight excluding hydrogens is 413 g/mol. The quantitative estimate of drug-likeness (QED) is 0.320. The van der Waals surface area contributed by atoms with Crippen LogP contribution < -0.4 is 11.1 Å². The van der Waals surface area contributed by atoms with Crippen LogP contribution in [0.3, 0.4) is 0 Å². The number of rotatable bonds is 9. The van der Waals surface area contributed by atoms with E-state index in [9.17, 15) is 0 Å². The lowest BCUT2D eigenvalue weighted by atomic mass is 10.0. The zero-order valence-electron chi connectivity index (χ0n) is 16.4. The van der Waals surface area contributed by atoms with Gasteiger partial charge in [-0.15, -0.1) is 24.0 Å². The van der Waals surface area contributed by atoms with Gasteiger partial charge in [-0.2, -0.15) is 0 Å². The van der Waals surface area contributed by atoms with Gasteiger partial charge in [0.05, 0.1) is 6.54 Å². The first-order valence-electron chi connectivity index (χ1n) is 9.45. The number of nitrogens with two attached hydrogens (primary N) is 1. The second-order valence-electron chi connectivity index (χ2n) is 7.42. The summed E-state index contributed by atoms with van der Waals surface area (Å²) in [4.78, 5) is 9.57. The lowest BCUT2D eigenvalue weighted by Crippen LogP contribution is -2.50. The summed E-state index contributed by atoms with van der Waals surface area (Å²) in [5.74, 6) is 1.38. The largest absolute Gasteiger partial charge is 0.370 e. The fraction of sp³-hybridized carbons (Fsp3) is 0.944. The van der Waals surface area contributed by atoms with Crippen molar-refractivity contribution >= 4 is 29.9 Å². The second kappa shape index (κ2) is 13.2. The van der Waals surface area contributed by atoms with E-state index in [4.69, 9.17) is 5.73 Å². The van der Waals surface area contributed by atoms with Crippen LogP contribution in [0, 0.1) is 5.92 Å². The zero-order chi connectivity index (χ0) is 17.2. The second-order valence-corrected chi connectivity index (χ2v) is 7.42. The Kier molecular flexibility index (Phi) is 13.1. The van der Waals surface area contributed by atoms with Crippen LogP contribution in [-0.2, 0) is 0 Å². The van der Waals surface area contributed by atoms with Crippen molar-refractivity contribution < 1.29 is 0 Å². The van der Waals surface area contributed by atoms with Gasteiger partial charge in [0.15, 0.2) is 5.96 Å². The van der Waals surface area contributed by atoms with Gasteiger partial charge >= 0.3 is 0 Å². The highest BCUT2D eigenvalue weighted by molar-refractivity contribution is 14.0. The Labute approximate surface area is 166 Å². The van der Waals surface area contributed by atoms with E-state index in [-0.39, 0.29) is 24.0 Å². The van der Waals surface area contributed by atoms with Crippen molar-refractivity contribution in [1.29, 1.82) is 0 Å². The molecule has 1 heterocycles. The van der Waals surface area contributed by atoms with Crippen molar-refractivity contribution in [2.24, 2.45) is 16.6 Å². The summed E-state index contributed by atoms with van der Waals surface area (Å²) >= 11 is 0. The van der Waals surface area contributed by atoms with Crippen molar-refractivity contribution in [1.82, 2.24) is 15.1 Å². The molecule has 6 heteroatoms. The molecule has 0 spiro atoms. The molecule has 0 saturated carbocycles. The van der Waals surface area contributed by atoms with E-state index in [0.29, 0.717) is 18.0 Å². The van der Waals surface area contributed by atoms with E-state index in [2.05, 4.69) is 54.7 Å². The van der Waals surface area contributed by atoms with E-state index >= 15 is 0 Å². The molecule has 1 saturated heterocycles. The molecule has 2 atom stereocenters. The van der Waals surface area contributed by atoms with Gasteiger partial charge in [-0.3, -0.25) is 9.89 Å². The molecule has 1 aliphatic heterocycles. The number of aliphatic imine (C=N–C) groups is 1. The Morgan fingerprint density at radius 1 is 1.08 bits per heavy atom. The summed E-state index contributed by atoms with van der Waals surface area (Å²) < 4.78 is 0. The maximum absolute atomic E-state index is 6.04. The van der Waals surface area contributed by atoms with E-state index in [1.165, 1.54) is 25.9 Å². The third kappa shape index (κ3) is 10.0. The lowest BCUT2D eigenvalue weighted by Gasteiger charge is -2.37. The van der Waals surface area contributed by atoms with Gasteiger partial charge in [0, 0.05) is 38.3 Å². The third-order valence-electron chi connectivity index (χ3n) is 4.82. The number of hydrogen-bond acceptors (Lipinski definition) is 3. The van der Waals surface area contributed by atoms with Gasteiger partial charge in [0.25, 0.3) is 0 Å². The predicted molar refractivity (Wildman–Crippen MR) is 116 cm³/mol. The normalized spacial score (nSPS) is 19.8. The smallest absolute Gasteiger partial charge is 0.188 e. The molecule has 0 radical (unpaired) electrons. The number of nitrogens with one attached hydrogen (secondary N) is 1. The minimum absolute atomic E-state index is 0. The van der Waals surface area contributed by atoms with Crippen LogP contribution in [0.2, 0.25) is 0 Å². The molecule has 0 aromatic heterocycles. The number of halogens is 1. The van der Waals surface area contributed by atoms with E-state index in [1.54, 1.807) is 0 Å². The Balaban J connectivity index is 0.00000529.